The minimum atomic E-state index is -0.675. The van der Waals surface area contributed by atoms with E-state index in [0.717, 1.165) is 47.3 Å². The lowest BCUT2D eigenvalue weighted by Crippen LogP contribution is -2.38. The number of hydrogen-bond donors (Lipinski definition) is 1. The molecule has 1 aromatic heterocycles. The summed E-state index contributed by atoms with van der Waals surface area (Å²) >= 11 is 0. The van der Waals surface area contributed by atoms with E-state index in [1.807, 2.05) is 19.1 Å². The highest BCUT2D eigenvalue weighted by Crippen LogP contribution is 2.44. The van der Waals surface area contributed by atoms with Gasteiger partial charge in [-0.25, -0.2) is 0 Å². The predicted octanol–water partition coefficient (Wildman–Crippen LogP) is 4.19. The first-order chi connectivity index (χ1) is 9.49. The Bertz CT molecular complexity index is 636. The number of benzene rings is 1. The molecule has 0 spiro atoms. The highest BCUT2D eigenvalue weighted by molar-refractivity contribution is 5.79. The van der Waals surface area contributed by atoms with Gasteiger partial charge >= 0.3 is 0 Å². The van der Waals surface area contributed by atoms with E-state index in [2.05, 4.69) is 37.0 Å². The Morgan fingerprint density at radius 2 is 2.00 bits per heavy atom. The summed E-state index contributed by atoms with van der Waals surface area (Å²) in [6.45, 7) is 6.46. The largest absolute Gasteiger partial charge is 0.385 e. The van der Waals surface area contributed by atoms with E-state index in [1.165, 1.54) is 0 Å². The van der Waals surface area contributed by atoms with Gasteiger partial charge in [0, 0.05) is 11.1 Å². The molecule has 1 aliphatic rings. The molecule has 0 saturated heterocycles. The fourth-order valence-electron chi connectivity index (χ4n) is 3.55. The number of aliphatic hydroxyl groups is 1. The van der Waals surface area contributed by atoms with Crippen molar-refractivity contribution in [3.8, 4) is 0 Å². The summed E-state index contributed by atoms with van der Waals surface area (Å²) < 4.78 is 0. The average molecular weight is 269 g/mol. The molecule has 20 heavy (non-hydrogen) atoms. The molecule has 0 bridgehead atoms. The molecule has 1 fully saturated rings. The van der Waals surface area contributed by atoms with Crippen LogP contribution in [0.3, 0.4) is 0 Å². The summed E-state index contributed by atoms with van der Waals surface area (Å²) in [6.07, 6.45) is 3.06. The maximum atomic E-state index is 11.1. The van der Waals surface area contributed by atoms with Crippen LogP contribution in [0, 0.1) is 18.8 Å². The third kappa shape index (κ3) is 2.22. The molecule has 0 radical (unpaired) electrons. The van der Waals surface area contributed by atoms with E-state index in [0.29, 0.717) is 5.92 Å². The van der Waals surface area contributed by atoms with Crippen LogP contribution in [0.1, 0.15) is 44.4 Å². The van der Waals surface area contributed by atoms with Crippen molar-refractivity contribution in [3.63, 3.8) is 0 Å². The summed E-state index contributed by atoms with van der Waals surface area (Å²) in [5.41, 5.74) is 2.42. The molecule has 3 atom stereocenters. The summed E-state index contributed by atoms with van der Waals surface area (Å²) in [5.74, 6) is 1.03. The Morgan fingerprint density at radius 1 is 1.20 bits per heavy atom. The van der Waals surface area contributed by atoms with Crippen molar-refractivity contribution >= 4 is 10.9 Å². The lowest BCUT2D eigenvalue weighted by atomic mass is 9.69. The van der Waals surface area contributed by atoms with Crippen LogP contribution in [0.15, 0.2) is 30.3 Å². The van der Waals surface area contributed by atoms with Crippen LogP contribution in [0.25, 0.3) is 10.9 Å². The van der Waals surface area contributed by atoms with Crippen molar-refractivity contribution in [2.45, 2.75) is 45.6 Å². The zero-order valence-corrected chi connectivity index (χ0v) is 12.6. The molecule has 1 aliphatic carbocycles. The number of hydrogen-bond acceptors (Lipinski definition) is 2. The van der Waals surface area contributed by atoms with Crippen molar-refractivity contribution in [3.05, 3.63) is 41.6 Å². The van der Waals surface area contributed by atoms with Gasteiger partial charge in [-0.1, -0.05) is 26.0 Å². The Hall–Kier alpha value is -1.41. The first kappa shape index (κ1) is 13.6. The van der Waals surface area contributed by atoms with Gasteiger partial charge in [0.05, 0.1) is 11.1 Å². The van der Waals surface area contributed by atoms with Crippen LogP contribution in [-0.2, 0) is 5.60 Å². The fraction of sp³-hybridized carbons (Fsp3) is 0.500. The summed E-state index contributed by atoms with van der Waals surface area (Å²) in [5, 5.41) is 12.2. The summed E-state index contributed by atoms with van der Waals surface area (Å²) in [7, 11) is 0. The molecule has 1 aromatic carbocycles. The summed E-state index contributed by atoms with van der Waals surface area (Å²) in [4.78, 5) is 4.53. The molecule has 1 saturated carbocycles. The van der Waals surface area contributed by atoms with Crippen LogP contribution in [0.4, 0.5) is 0 Å². The van der Waals surface area contributed by atoms with Crippen molar-refractivity contribution in [1.29, 1.82) is 0 Å². The molecule has 2 aromatic rings. The second-order valence-electron chi connectivity index (χ2n) is 6.56. The number of aryl methyl sites for hydroxylation is 1. The molecule has 0 aliphatic heterocycles. The fourth-order valence-corrected chi connectivity index (χ4v) is 3.55. The maximum Gasteiger partial charge on any atom is 0.0922 e. The zero-order valence-electron chi connectivity index (χ0n) is 12.6. The molecule has 1 heterocycles. The highest BCUT2D eigenvalue weighted by Gasteiger charge is 2.39. The van der Waals surface area contributed by atoms with Crippen molar-refractivity contribution in [2.24, 2.45) is 11.8 Å². The van der Waals surface area contributed by atoms with Crippen molar-refractivity contribution in [1.82, 2.24) is 4.98 Å². The minimum absolute atomic E-state index is 0.308. The lowest BCUT2D eigenvalue weighted by Gasteiger charge is -2.41. The van der Waals surface area contributed by atoms with E-state index < -0.39 is 5.60 Å². The van der Waals surface area contributed by atoms with Crippen LogP contribution in [-0.4, -0.2) is 10.1 Å². The Labute approximate surface area is 120 Å². The van der Waals surface area contributed by atoms with Gasteiger partial charge in [0.1, 0.15) is 0 Å². The number of rotatable bonds is 1. The molecule has 3 rings (SSSR count). The first-order valence-electron chi connectivity index (χ1n) is 7.59. The molecular weight excluding hydrogens is 246 g/mol. The molecule has 3 unspecified atom stereocenters. The third-order valence-electron chi connectivity index (χ3n) is 4.92. The predicted molar refractivity (Wildman–Crippen MR) is 82.6 cm³/mol. The molecule has 1 N–H and O–H groups in total. The van der Waals surface area contributed by atoms with Gasteiger partial charge < -0.3 is 5.11 Å². The zero-order chi connectivity index (χ0) is 14.3. The van der Waals surface area contributed by atoms with Crippen LogP contribution < -0.4 is 0 Å². The third-order valence-corrected chi connectivity index (χ3v) is 4.92. The highest BCUT2D eigenvalue weighted by atomic mass is 16.3. The van der Waals surface area contributed by atoms with Gasteiger partial charge in [0.2, 0.25) is 0 Å². The van der Waals surface area contributed by atoms with E-state index in [4.69, 9.17) is 0 Å². The number of aromatic nitrogens is 1. The second kappa shape index (κ2) is 4.85. The van der Waals surface area contributed by atoms with Crippen LogP contribution in [0.2, 0.25) is 0 Å². The number of pyridine rings is 1. The Kier molecular flexibility index (Phi) is 3.29. The topological polar surface area (TPSA) is 33.1 Å². The second-order valence-corrected chi connectivity index (χ2v) is 6.56. The maximum absolute atomic E-state index is 11.1. The van der Waals surface area contributed by atoms with Gasteiger partial charge in [-0.15, -0.1) is 0 Å². The smallest absolute Gasteiger partial charge is 0.0922 e. The van der Waals surface area contributed by atoms with Gasteiger partial charge in [-0.05, 0) is 61.8 Å². The van der Waals surface area contributed by atoms with Gasteiger partial charge in [-0.2, -0.15) is 0 Å². The molecular formula is C18H23NO. The van der Waals surface area contributed by atoms with E-state index >= 15 is 0 Å². The summed E-state index contributed by atoms with van der Waals surface area (Å²) in [6, 6.07) is 10.3. The van der Waals surface area contributed by atoms with E-state index in [9.17, 15) is 5.11 Å². The molecule has 106 valence electrons. The minimum Gasteiger partial charge on any atom is -0.385 e. The number of fused-ring (bicyclic) bond motifs is 1. The van der Waals surface area contributed by atoms with Crippen molar-refractivity contribution in [2.75, 3.05) is 0 Å². The quantitative estimate of drug-likeness (QED) is 0.842. The van der Waals surface area contributed by atoms with E-state index in [1.54, 1.807) is 0 Å². The molecule has 0 amide bonds. The van der Waals surface area contributed by atoms with Gasteiger partial charge in [0.25, 0.3) is 0 Å². The lowest BCUT2D eigenvalue weighted by molar-refractivity contribution is -0.0586. The van der Waals surface area contributed by atoms with Gasteiger partial charge in [-0.3, -0.25) is 4.98 Å². The standard InChI is InChI=1S/C18H23NO/c1-12-8-9-18(20,13(2)10-12)16-6-7-17-15(11-16)5-4-14(3)19-17/h4-7,11-13,20H,8-10H2,1-3H3. The average Bonchev–Trinajstić information content (AvgIpc) is 2.43. The van der Waals surface area contributed by atoms with Gasteiger partial charge in [0.15, 0.2) is 0 Å². The van der Waals surface area contributed by atoms with Crippen LogP contribution >= 0.6 is 0 Å². The van der Waals surface area contributed by atoms with E-state index in [-0.39, 0.29) is 0 Å². The molecule has 2 nitrogen and oxygen atoms in total. The Morgan fingerprint density at radius 3 is 2.75 bits per heavy atom. The van der Waals surface area contributed by atoms with Crippen LogP contribution in [0.5, 0.6) is 0 Å². The monoisotopic (exact) mass is 269 g/mol. The number of nitrogens with zero attached hydrogens (tertiary/aromatic N) is 1. The molecule has 2 heteroatoms. The Balaban J connectivity index is 2.03. The van der Waals surface area contributed by atoms with Crippen molar-refractivity contribution < 1.29 is 5.11 Å². The normalized spacial score (nSPS) is 30.6. The SMILES string of the molecule is Cc1ccc2cc(C3(O)CCC(C)CC3C)ccc2n1. The first-order valence-corrected chi connectivity index (χ1v) is 7.59.